The summed E-state index contributed by atoms with van der Waals surface area (Å²) in [4.78, 5) is 12.5. The number of amides is 1. The third-order valence-electron chi connectivity index (χ3n) is 4.44. The number of carbonyl (C=O) groups is 1. The van der Waals surface area contributed by atoms with E-state index >= 15 is 0 Å². The Labute approximate surface area is 169 Å². The molecular weight excluding hydrogens is 373 g/mol. The zero-order valence-corrected chi connectivity index (χ0v) is 16.7. The molecule has 0 saturated heterocycles. The largest absolute Gasteiger partial charge is 0.480 e. The van der Waals surface area contributed by atoms with Crippen molar-refractivity contribution in [3.8, 4) is 5.75 Å². The summed E-state index contributed by atoms with van der Waals surface area (Å²) in [6.07, 6.45) is 0.0413. The lowest BCUT2D eigenvalue weighted by Gasteiger charge is -2.18. The smallest absolute Gasteiger partial charge is 0.261 e. The molecule has 3 aromatic carbocycles. The number of rotatable bonds is 9. The number of halogens is 1. The predicted octanol–water partition coefficient (Wildman–Crippen LogP) is 5.19. The number of carbonyl (C=O) groups excluding carboxylic acids is 1. The van der Waals surface area contributed by atoms with Crippen molar-refractivity contribution in [1.29, 1.82) is 0 Å². The molecule has 0 spiro atoms. The van der Waals surface area contributed by atoms with Gasteiger partial charge in [-0.05, 0) is 29.5 Å². The first-order valence-corrected chi connectivity index (χ1v) is 10.6. The fourth-order valence-corrected chi connectivity index (χ4v) is 3.78. The van der Waals surface area contributed by atoms with Gasteiger partial charge in [-0.3, -0.25) is 4.79 Å². The molecule has 3 nitrogen and oxygen atoms in total. The molecule has 0 aliphatic heterocycles. The lowest BCUT2D eigenvalue weighted by atomic mass is 10.1. The molecular formula is C23H24FNO2S. The van der Waals surface area contributed by atoms with Gasteiger partial charge in [0.2, 0.25) is 0 Å². The molecule has 28 heavy (non-hydrogen) atoms. The van der Waals surface area contributed by atoms with E-state index in [0.717, 1.165) is 10.8 Å². The molecule has 3 aromatic rings. The second-order valence-corrected chi connectivity index (χ2v) is 7.53. The molecule has 0 aromatic heterocycles. The number of nitrogens with one attached hydrogen (secondary N) is 1. The molecule has 1 atom stereocenters. The zero-order valence-electron chi connectivity index (χ0n) is 15.9. The van der Waals surface area contributed by atoms with Gasteiger partial charge in [-0.1, -0.05) is 61.5 Å². The highest BCUT2D eigenvalue weighted by Crippen LogP contribution is 2.26. The summed E-state index contributed by atoms with van der Waals surface area (Å²) in [5.41, 5.74) is 0.685. The van der Waals surface area contributed by atoms with E-state index in [-0.39, 0.29) is 11.7 Å². The Morgan fingerprint density at radius 3 is 2.64 bits per heavy atom. The van der Waals surface area contributed by atoms with Crippen molar-refractivity contribution in [2.45, 2.75) is 25.2 Å². The summed E-state index contributed by atoms with van der Waals surface area (Å²) < 4.78 is 19.6. The molecule has 0 heterocycles. The molecule has 0 aliphatic carbocycles. The van der Waals surface area contributed by atoms with Crippen molar-refractivity contribution in [3.63, 3.8) is 0 Å². The minimum absolute atomic E-state index is 0.123. The van der Waals surface area contributed by atoms with Crippen LogP contribution in [0.3, 0.4) is 0 Å². The molecule has 0 radical (unpaired) electrons. The standard InChI is InChI=1S/C23H24FNO2S/c1-2-21(27-22-13-7-10-17-8-3-5-11-19(17)22)23(26)25-14-15-28-16-18-9-4-6-12-20(18)24/h3-13,21H,2,14-16H2,1H3,(H,25,26)/t21-/m0/s1. The van der Waals surface area contributed by atoms with Crippen molar-refractivity contribution in [1.82, 2.24) is 5.32 Å². The Morgan fingerprint density at radius 2 is 1.82 bits per heavy atom. The summed E-state index contributed by atoms with van der Waals surface area (Å²) >= 11 is 1.59. The summed E-state index contributed by atoms with van der Waals surface area (Å²) in [6.45, 7) is 2.45. The highest BCUT2D eigenvalue weighted by molar-refractivity contribution is 7.98. The maximum atomic E-state index is 13.6. The van der Waals surface area contributed by atoms with Gasteiger partial charge >= 0.3 is 0 Å². The first-order chi connectivity index (χ1) is 13.7. The fourth-order valence-electron chi connectivity index (χ4n) is 2.93. The topological polar surface area (TPSA) is 38.3 Å². The Hall–Kier alpha value is -2.53. The van der Waals surface area contributed by atoms with Crippen molar-refractivity contribution in [2.24, 2.45) is 0 Å². The summed E-state index contributed by atoms with van der Waals surface area (Å²) in [7, 11) is 0. The van der Waals surface area contributed by atoms with Crippen LogP contribution < -0.4 is 10.1 Å². The van der Waals surface area contributed by atoms with Crippen molar-refractivity contribution < 1.29 is 13.9 Å². The number of benzene rings is 3. The average molecular weight is 398 g/mol. The molecule has 3 rings (SSSR count). The maximum Gasteiger partial charge on any atom is 0.261 e. The number of hydrogen-bond acceptors (Lipinski definition) is 3. The predicted molar refractivity (Wildman–Crippen MR) is 114 cm³/mol. The molecule has 146 valence electrons. The van der Waals surface area contributed by atoms with E-state index in [2.05, 4.69) is 5.32 Å². The van der Waals surface area contributed by atoms with Gasteiger partial charge in [-0.15, -0.1) is 0 Å². The van der Waals surface area contributed by atoms with Crippen LogP contribution in [0.1, 0.15) is 18.9 Å². The van der Waals surface area contributed by atoms with Gasteiger partial charge in [-0.2, -0.15) is 11.8 Å². The van der Waals surface area contributed by atoms with E-state index in [9.17, 15) is 9.18 Å². The summed E-state index contributed by atoms with van der Waals surface area (Å²) in [6, 6.07) is 20.6. The minimum atomic E-state index is -0.539. The lowest BCUT2D eigenvalue weighted by molar-refractivity contribution is -0.127. The molecule has 1 amide bonds. The van der Waals surface area contributed by atoms with Gasteiger partial charge in [0.25, 0.3) is 5.91 Å². The molecule has 5 heteroatoms. The first kappa shape index (κ1) is 20.2. The highest BCUT2D eigenvalue weighted by Gasteiger charge is 2.18. The van der Waals surface area contributed by atoms with Gasteiger partial charge < -0.3 is 10.1 Å². The first-order valence-electron chi connectivity index (χ1n) is 9.42. The Morgan fingerprint density at radius 1 is 1.07 bits per heavy atom. The normalized spacial score (nSPS) is 11.9. The van der Waals surface area contributed by atoms with Gasteiger partial charge in [-0.25, -0.2) is 4.39 Å². The van der Waals surface area contributed by atoms with Crippen LogP contribution in [0, 0.1) is 5.82 Å². The molecule has 0 aliphatic rings. The lowest BCUT2D eigenvalue weighted by Crippen LogP contribution is -2.39. The van der Waals surface area contributed by atoms with E-state index < -0.39 is 6.10 Å². The highest BCUT2D eigenvalue weighted by atomic mass is 32.2. The van der Waals surface area contributed by atoms with Gasteiger partial charge in [0, 0.05) is 23.4 Å². The molecule has 0 fully saturated rings. The zero-order chi connectivity index (χ0) is 19.8. The molecule has 1 N–H and O–H groups in total. The molecule has 0 bridgehead atoms. The van der Waals surface area contributed by atoms with Crippen molar-refractivity contribution >= 4 is 28.4 Å². The van der Waals surface area contributed by atoms with Crippen LogP contribution in [0.25, 0.3) is 10.8 Å². The van der Waals surface area contributed by atoms with Crippen LogP contribution in [0.5, 0.6) is 5.75 Å². The van der Waals surface area contributed by atoms with Crippen LogP contribution in [-0.4, -0.2) is 24.3 Å². The Bertz CT molecular complexity index is 926. The van der Waals surface area contributed by atoms with E-state index in [1.807, 2.05) is 55.5 Å². The average Bonchev–Trinajstić information content (AvgIpc) is 2.73. The molecule has 0 unspecified atom stereocenters. The van der Waals surface area contributed by atoms with E-state index in [1.54, 1.807) is 23.9 Å². The number of thioether (sulfide) groups is 1. The van der Waals surface area contributed by atoms with Crippen molar-refractivity contribution in [2.75, 3.05) is 12.3 Å². The Kier molecular flexibility index (Phi) is 7.31. The number of hydrogen-bond donors (Lipinski definition) is 1. The fraction of sp³-hybridized carbons (Fsp3) is 0.261. The van der Waals surface area contributed by atoms with Crippen molar-refractivity contribution in [3.05, 3.63) is 78.1 Å². The van der Waals surface area contributed by atoms with Gasteiger partial charge in [0.15, 0.2) is 6.10 Å². The maximum absolute atomic E-state index is 13.6. The quantitative estimate of drug-likeness (QED) is 0.505. The van der Waals surface area contributed by atoms with Crippen LogP contribution >= 0.6 is 11.8 Å². The van der Waals surface area contributed by atoms with Crippen LogP contribution in [0.2, 0.25) is 0 Å². The minimum Gasteiger partial charge on any atom is -0.480 e. The van der Waals surface area contributed by atoms with Crippen LogP contribution in [0.4, 0.5) is 4.39 Å². The second kappa shape index (κ2) is 10.1. The Balaban J connectivity index is 1.49. The van der Waals surface area contributed by atoms with E-state index in [1.165, 1.54) is 6.07 Å². The summed E-state index contributed by atoms with van der Waals surface area (Å²) in [5, 5.41) is 5.00. The van der Waals surface area contributed by atoms with Crippen LogP contribution in [0.15, 0.2) is 66.7 Å². The third kappa shape index (κ3) is 5.26. The third-order valence-corrected chi connectivity index (χ3v) is 5.45. The van der Waals surface area contributed by atoms with E-state index in [0.29, 0.717) is 35.8 Å². The summed E-state index contributed by atoms with van der Waals surface area (Å²) in [5.74, 6) is 1.71. The van der Waals surface area contributed by atoms with E-state index in [4.69, 9.17) is 4.74 Å². The van der Waals surface area contributed by atoms with Gasteiger partial charge in [0.1, 0.15) is 11.6 Å². The monoisotopic (exact) mass is 397 g/mol. The second-order valence-electron chi connectivity index (χ2n) is 6.43. The number of fused-ring (bicyclic) bond motifs is 1. The molecule has 0 saturated carbocycles. The SMILES string of the molecule is CC[C@H](Oc1cccc2ccccc12)C(=O)NCCSCc1ccccc1F. The number of ether oxygens (including phenoxy) is 1. The van der Waals surface area contributed by atoms with Gasteiger partial charge in [0.05, 0.1) is 0 Å². The van der Waals surface area contributed by atoms with Crippen LogP contribution in [-0.2, 0) is 10.5 Å².